The summed E-state index contributed by atoms with van der Waals surface area (Å²) >= 11 is 6.15. The average Bonchev–Trinajstić information content (AvgIpc) is 3.29. The SMILES string of the molecule is CC(=O)Nc1ccc(NC(=O)N(CCC#N)CC2CC2)c(Cl)c1. The van der Waals surface area contributed by atoms with E-state index in [1.165, 1.54) is 6.92 Å². The Kier molecular flexibility index (Phi) is 5.83. The molecule has 0 atom stereocenters. The third-order valence-corrected chi connectivity index (χ3v) is 3.80. The second kappa shape index (κ2) is 7.84. The van der Waals surface area contributed by atoms with E-state index in [9.17, 15) is 9.59 Å². The van der Waals surface area contributed by atoms with Gasteiger partial charge in [-0.15, -0.1) is 0 Å². The first-order valence-corrected chi connectivity index (χ1v) is 7.87. The minimum atomic E-state index is -0.263. The number of nitrogens with one attached hydrogen (secondary N) is 2. The molecule has 0 radical (unpaired) electrons. The summed E-state index contributed by atoms with van der Waals surface area (Å²) in [5, 5.41) is 14.5. The van der Waals surface area contributed by atoms with Gasteiger partial charge in [0.1, 0.15) is 0 Å². The summed E-state index contributed by atoms with van der Waals surface area (Å²) < 4.78 is 0. The lowest BCUT2D eigenvalue weighted by Gasteiger charge is -2.22. The number of nitriles is 1. The topological polar surface area (TPSA) is 85.2 Å². The highest BCUT2D eigenvalue weighted by Gasteiger charge is 2.26. The zero-order valence-corrected chi connectivity index (χ0v) is 13.7. The number of carbonyl (C=O) groups excluding carboxylic acids is 2. The van der Waals surface area contributed by atoms with E-state index < -0.39 is 0 Å². The summed E-state index contributed by atoms with van der Waals surface area (Å²) in [4.78, 5) is 25.1. The van der Waals surface area contributed by atoms with Crippen molar-refractivity contribution in [2.45, 2.75) is 26.2 Å². The van der Waals surface area contributed by atoms with Crippen LogP contribution in [0.5, 0.6) is 0 Å². The van der Waals surface area contributed by atoms with Crippen molar-refractivity contribution in [3.05, 3.63) is 23.2 Å². The van der Waals surface area contributed by atoms with Gasteiger partial charge in [0.15, 0.2) is 0 Å². The van der Waals surface area contributed by atoms with Crippen molar-refractivity contribution >= 4 is 34.9 Å². The van der Waals surface area contributed by atoms with Gasteiger partial charge in [-0.1, -0.05) is 11.6 Å². The van der Waals surface area contributed by atoms with E-state index in [4.69, 9.17) is 16.9 Å². The Morgan fingerprint density at radius 2 is 2.13 bits per heavy atom. The van der Waals surface area contributed by atoms with Crippen LogP contribution in [0, 0.1) is 17.2 Å². The number of rotatable bonds is 6. The Balaban J connectivity index is 2.01. The van der Waals surface area contributed by atoms with Gasteiger partial charge in [-0.3, -0.25) is 4.79 Å². The third-order valence-electron chi connectivity index (χ3n) is 3.49. The first-order valence-electron chi connectivity index (χ1n) is 7.49. The van der Waals surface area contributed by atoms with Crippen molar-refractivity contribution in [1.82, 2.24) is 4.90 Å². The van der Waals surface area contributed by atoms with Gasteiger partial charge in [0.05, 0.1) is 23.2 Å². The number of hydrogen-bond acceptors (Lipinski definition) is 3. The van der Waals surface area contributed by atoms with Crippen molar-refractivity contribution < 1.29 is 9.59 Å². The molecule has 0 saturated heterocycles. The molecule has 2 N–H and O–H groups in total. The molecule has 7 heteroatoms. The maximum absolute atomic E-state index is 12.4. The van der Waals surface area contributed by atoms with Crippen LogP contribution in [-0.2, 0) is 4.79 Å². The highest BCUT2D eigenvalue weighted by molar-refractivity contribution is 6.34. The van der Waals surface area contributed by atoms with E-state index in [2.05, 4.69) is 16.7 Å². The monoisotopic (exact) mass is 334 g/mol. The summed E-state index contributed by atoms with van der Waals surface area (Å²) in [6.45, 7) is 2.48. The number of urea groups is 1. The molecular formula is C16H19ClN4O2. The van der Waals surface area contributed by atoms with Crippen LogP contribution in [0.4, 0.5) is 16.2 Å². The Morgan fingerprint density at radius 1 is 1.39 bits per heavy atom. The number of hydrogen-bond donors (Lipinski definition) is 2. The molecule has 6 nitrogen and oxygen atoms in total. The van der Waals surface area contributed by atoms with Crippen LogP contribution in [0.2, 0.25) is 5.02 Å². The second-order valence-corrected chi connectivity index (χ2v) is 6.01. The fourth-order valence-corrected chi connectivity index (χ4v) is 2.39. The smallest absolute Gasteiger partial charge is 0.321 e. The van der Waals surface area contributed by atoms with Crippen LogP contribution in [0.25, 0.3) is 0 Å². The predicted octanol–water partition coefficient (Wildman–Crippen LogP) is 3.46. The van der Waals surface area contributed by atoms with Crippen molar-refractivity contribution in [1.29, 1.82) is 5.26 Å². The Bertz CT molecular complexity index is 637. The number of benzene rings is 1. The number of carbonyl (C=O) groups is 2. The number of nitrogens with zero attached hydrogens (tertiary/aromatic N) is 2. The van der Waals surface area contributed by atoms with E-state index in [0.717, 1.165) is 12.8 Å². The molecule has 122 valence electrons. The van der Waals surface area contributed by atoms with Crippen LogP contribution >= 0.6 is 11.6 Å². The largest absolute Gasteiger partial charge is 0.326 e. The Morgan fingerprint density at radius 3 is 2.70 bits per heavy atom. The molecular weight excluding hydrogens is 316 g/mol. The Hall–Kier alpha value is -2.26. The van der Waals surface area contributed by atoms with E-state index in [1.807, 2.05) is 0 Å². The fraction of sp³-hybridized carbons (Fsp3) is 0.438. The van der Waals surface area contributed by atoms with Crippen molar-refractivity contribution in [2.75, 3.05) is 23.7 Å². The lowest BCUT2D eigenvalue weighted by atomic mass is 10.2. The van der Waals surface area contributed by atoms with Crippen LogP contribution < -0.4 is 10.6 Å². The minimum Gasteiger partial charge on any atom is -0.326 e. The summed E-state index contributed by atoms with van der Waals surface area (Å²) in [6.07, 6.45) is 2.56. The van der Waals surface area contributed by atoms with Crippen molar-refractivity contribution in [3.63, 3.8) is 0 Å². The summed E-state index contributed by atoms with van der Waals surface area (Å²) in [5.74, 6) is 0.349. The van der Waals surface area contributed by atoms with Gasteiger partial charge in [-0.2, -0.15) is 5.26 Å². The van der Waals surface area contributed by atoms with Gasteiger partial charge in [0.2, 0.25) is 5.91 Å². The maximum atomic E-state index is 12.4. The summed E-state index contributed by atoms with van der Waals surface area (Å²) in [6, 6.07) is 6.69. The van der Waals surface area contributed by atoms with Crippen LogP contribution in [-0.4, -0.2) is 29.9 Å². The minimum absolute atomic E-state index is 0.190. The molecule has 0 bridgehead atoms. The molecule has 1 aromatic carbocycles. The highest BCUT2D eigenvalue weighted by Crippen LogP contribution is 2.30. The number of anilines is 2. The molecule has 3 amide bonds. The van der Waals surface area contributed by atoms with Crippen LogP contribution in [0.3, 0.4) is 0 Å². The average molecular weight is 335 g/mol. The summed E-state index contributed by atoms with van der Waals surface area (Å²) in [5.41, 5.74) is 1.04. The normalized spacial score (nSPS) is 13.1. The molecule has 0 heterocycles. The first-order chi connectivity index (χ1) is 11.0. The molecule has 0 aromatic heterocycles. The predicted molar refractivity (Wildman–Crippen MR) is 89.3 cm³/mol. The van der Waals surface area contributed by atoms with Gasteiger partial charge in [0, 0.05) is 25.7 Å². The fourth-order valence-electron chi connectivity index (χ4n) is 2.16. The van der Waals surface area contributed by atoms with Gasteiger partial charge in [-0.25, -0.2) is 4.79 Å². The van der Waals surface area contributed by atoms with E-state index in [-0.39, 0.29) is 11.9 Å². The van der Waals surface area contributed by atoms with Gasteiger partial charge < -0.3 is 15.5 Å². The van der Waals surface area contributed by atoms with Crippen LogP contribution in [0.1, 0.15) is 26.2 Å². The molecule has 1 saturated carbocycles. The molecule has 1 aliphatic rings. The lowest BCUT2D eigenvalue weighted by Crippen LogP contribution is -2.37. The Labute approximate surface area is 140 Å². The van der Waals surface area contributed by atoms with Crippen LogP contribution in [0.15, 0.2) is 18.2 Å². The number of halogens is 1. The van der Waals surface area contributed by atoms with Crippen molar-refractivity contribution in [2.24, 2.45) is 5.92 Å². The molecule has 0 aliphatic heterocycles. The molecule has 0 spiro atoms. The standard InChI is InChI=1S/C16H19ClN4O2/c1-11(22)19-13-5-6-15(14(17)9-13)20-16(23)21(8-2-7-18)10-12-3-4-12/h5-6,9,12H,2-4,8,10H2,1H3,(H,19,22)(H,20,23). The van der Waals surface area contributed by atoms with Gasteiger partial charge >= 0.3 is 6.03 Å². The highest BCUT2D eigenvalue weighted by atomic mass is 35.5. The molecule has 0 unspecified atom stereocenters. The van der Waals surface area contributed by atoms with E-state index >= 15 is 0 Å². The van der Waals surface area contributed by atoms with E-state index in [1.54, 1.807) is 23.1 Å². The molecule has 2 rings (SSSR count). The third kappa shape index (κ3) is 5.46. The second-order valence-electron chi connectivity index (χ2n) is 5.60. The van der Waals surface area contributed by atoms with Gasteiger partial charge in [-0.05, 0) is 37.0 Å². The maximum Gasteiger partial charge on any atom is 0.321 e. The quantitative estimate of drug-likeness (QED) is 0.835. The van der Waals surface area contributed by atoms with Crippen molar-refractivity contribution in [3.8, 4) is 6.07 Å². The zero-order valence-electron chi connectivity index (χ0n) is 12.9. The first kappa shape index (κ1) is 17.1. The summed E-state index contributed by atoms with van der Waals surface area (Å²) in [7, 11) is 0. The lowest BCUT2D eigenvalue weighted by molar-refractivity contribution is -0.114. The number of amides is 3. The molecule has 1 fully saturated rings. The molecule has 23 heavy (non-hydrogen) atoms. The zero-order chi connectivity index (χ0) is 16.8. The van der Waals surface area contributed by atoms with Gasteiger partial charge in [0.25, 0.3) is 0 Å². The molecule has 1 aromatic rings. The molecule has 1 aliphatic carbocycles. The van der Waals surface area contributed by atoms with E-state index in [0.29, 0.717) is 41.8 Å².